The highest BCUT2D eigenvalue weighted by Gasteiger charge is 2.24. The first-order valence-electron chi connectivity index (χ1n) is 6.89. The van der Waals surface area contributed by atoms with Crippen LogP contribution in [0.5, 0.6) is 0 Å². The number of hydrogen-bond donors (Lipinski definition) is 1. The minimum Gasteiger partial charge on any atom is -0.350 e. The maximum atomic E-state index is 6.14. The molecular formula is C15H16Cl2N2O2. The molecule has 2 aromatic rings. The van der Waals surface area contributed by atoms with Crippen LogP contribution in [0.15, 0.2) is 30.6 Å². The number of benzene rings is 1. The monoisotopic (exact) mass is 326 g/mol. The second-order valence-electron chi connectivity index (χ2n) is 5.02. The molecule has 3 rings (SSSR count). The van der Waals surface area contributed by atoms with Gasteiger partial charge in [-0.3, -0.25) is 0 Å². The van der Waals surface area contributed by atoms with Crippen LogP contribution >= 0.6 is 23.2 Å². The zero-order valence-corrected chi connectivity index (χ0v) is 12.9. The Morgan fingerprint density at radius 2 is 2.05 bits per heavy atom. The van der Waals surface area contributed by atoms with Crippen molar-refractivity contribution in [1.82, 2.24) is 9.97 Å². The Morgan fingerprint density at radius 3 is 2.71 bits per heavy atom. The molecule has 1 N–H and O–H groups in total. The highest BCUT2D eigenvalue weighted by atomic mass is 35.5. The maximum absolute atomic E-state index is 6.14. The lowest BCUT2D eigenvalue weighted by atomic mass is 9.92. The van der Waals surface area contributed by atoms with Crippen LogP contribution in [0, 0.1) is 0 Å². The zero-order valence-electron chi connectivity index (χ0n) is 11.4. The van der Waals surface area contributed by atoms with E-state index in [1.165, 1.54) is 0 Å². The Morgan fingerprint density at radius 1 is 1.24 bits per heavy atom. The number of nitrogens with zero attached hydrogens (tertiary/aromatic N) is 1. The predicted octanol–water partition coefficient (Wildman–Crippen LogP) is 3.81. The summed E-state index contributed by atoms with van der Waals surface area (Å²) in [6, 6.07) is 5.73. The number of hydrogen-bond acceptors (Lipinski definition) is 3. The number of halogens is 2. The summed E-state index contributed by atoms with van der Waals surface area (Å²) in [6.45, 7) is 1.30. The highest BCUT2D eigenvalue weighted by molar-refractivity contribution is 6.42. The quantitative estimate of drug-likeness (QED) is 0.908. The molecule has 21 heavy (non-hydrogen) atoms. The molecule has 0 radical (unpaired) electrons. The summed E-state index contributed by atoms with van der Waals surface area (Å²) in [4.78, 5) is 7.44. The van der Waals surface area contributed by atoms with Crippen molar-refractivity contribution in [3.63, 3.8) is 0 Å². The first kappa shape index (κ1) is 14.9. The second kappa shape index (κ2) is 6.79. The first-order chi connectivity index (χ1) is 10.2. The summed E-state index contributed by atoms with van der Waals surface area (Å²) in [5.41, 5.74) is 1.11. The summed E-state index contributed by atoms with van der Waals surface area (Å²) in [7, 11) is 0. The van der Waals surface area contributed by atoms with E-state index in [0.717, 1.165) is 24.2 Å². The summed E-state index contributed by atoms with van der Waals surface area (Å²) in [6.07, 6.45) is 4.94. The topological polar surface area (TPSA) is 47.1 Å². The molecule has 0 spiro atoms. The van der Waals surface area contributed by atoms with Crippen LogP contribution in [0.4, 0.5) is 0 Å². The number of nitrogens with one attached hydrogen (secondary N) is 1. The Kier molecular flexibility index (Phi) is 4.80. The molecule has 1 aliphatic rings. The van der Waals surface area contributed by atoms with E-state index in [4.69, 9.17) is 32.7 Å². The normalized spacial score (nSPS) is 17.2. The van der Waals surface area contributed by atoms with Crippen molar-refractivity contribution in [3.8, 4) is 0 Å². The van der Waals surface area contributed by atoms with Gasteiger partial charge >= 0.3 is 0 Å². The van der Waals surface area contributed by atoms with Crippen LogP contribution < -0.4 is 0 Å². The number of ether oxygens (including phenoxy) is 2. The lowest BCUT2D eigenvalue weighted by Gasteiger charge is -2.20. The smallest absolute Gasteiger partial charge is 0.158 e. The van der Waals surface area contributed by atoms with Crippen molar-refractivity contribution in [2.24, 2.45) is 0 Å². The van der Waals surface area contributed by atoms with Gasteiger partial charge < -0.3 is 14.5 Å². The number of H-pyrrole nitrogens is 1. The van der Waals surface area contributed by atoms with Gasteiger partial charge in [-0.25, -0.2) is 4.98 Å². The zero-order chi connectivity index (χ0) is 14.7. The molecule has 1 aromatic heterocycles. The summed E-state index contributed by atoms with van der Waals surface area (Å²) in [5, 5.41) is 1.12. The van der Waals surface area contributed by atoms with Crippen LogP contribution in [0.25, 0.3) is 0 Å². The van der Waals surface area contributed by atoms with Crippen LogP contribution in [-0.2, 0) is 15.9 Å². The Balaban J connectivity index is 1.81. The van der Waals surface area contributed by atoms with E-state index in [9.17, 15) is 0 Å². The standard InChI is InChI=1S/C15H16Cl2N2O2/c16-12-2-1-10(7-13(12)17)11(8-14-18-3-4-19-14)9-15-20-5-6-21-15/h1-4,7,11,15H,5-6,8-9H2,(H,18,19). The van der Waals surface area contributed by atoms with Crippen molar-refractivity contribution in [1.29, 1.82) is 0 Å². The fourth-order valence-corrected chi connectivity index (χ4v) is 2.83. The molecular weight excluding hydrogens is 311 g/mol. The Bertz CT molecular complexity index is 583. The van der Waals surface area contributed by atoms with Gasteiger partial charge in [0.15, 0.2) is 6.29 Å². The van der Waals surface area contributed by atoms with Gasteiger partial charge in [-0.1, -0.05) is 29.3 Å². The summed E-state index contributed by atoms with van der Waals surface area (Å²) >= 11 is 12.1. The third kappa shape index (κ3) is 3.77. The summed E-state index contributed by atoms with van der Waals surface area (Å²) in [5.74, 6) is 1.14. The third-order valence-electron chi connectivity index (χ3n) is 3.58. The van der Waals surface area contributed by atoms with Crippen molar-refractivity contribution >= 4 is 23.2 Å². The van der Waals surface area contributed by atoms with Crippen molar-refractivity contribution < 1.29 is 9.47 Å². The molecule has 0 aliphatic carbocycles. The number of imidazole rings is 1. The van der Waals surface area contributed by atoms with E-state index in [1.807, 2.05) is 24.4 Å². The summed E-state index contributed by atoms with van der Waals surface area (Å²) < 4.78 is 11.1. The van der Waals surface area contributed by atoms with Gasteiger partial charge in [0, 0.05) is 25.2 Å². The van der Waals surface area contributed by atoms with Crippen LogP contribution in [-0.4, -0.2) is 29.5 Å². The predicted molar refractivity (Wildman–Crippen MR) is 81.8 cm³/mol. The lowest BCUT2D eigenvalue weighted by Crippen LogP contribution is -2.16. The van der Waals surface area contributed by atoms with Crippen LogP contribution in [0.3, 0.4) is 0 Å². The van der Waals surface area contributed by atoms with E-state index >= 15 is 0 Å². The molecule has 1 aromatic carbocycles. The van der Waals surface area contributed by atoms with Gasteiger partial charge in [-0.2, -0.15) is 0 Å². The van der Waals surface area contributed by atoms with E-state index in [2.05, 4.69) is 9.97 Å². The van der Waals surface area contributed by atoms with Gasteiger partial charge in [-0.05, 0) is 23.6 Å². The highest BCUT2D eigenvalue weighted by Crippen LogP contribution is 2.31. The van der Waals surface area contributed by atoms with E-state index in [-0.39, 0.29) is 12.2 Å². The molecule has 4 nitrogen and oxygen atoms in total. The largest absolute Gasteiger partial charge is 0.350 e. The molecule has 1 fully saturated rings. The Hall–Kier alpha value is -1.07. The minimum atomic E-state index is -0.167. The molecule has 2 heterocycles. The van der Waals surface area contributed by atoms with Crippen LogP contribution in [0.2, 0.25) is 10.0 Å². The van der Waals surface area contributed by atoms with Crippen LogP contribution in [0.1, 0.15) is 23.7 Å². The second-order valence-corrected chi connectivity index (χ2v) is 5.83. The van der Waals surface area contributed by atoms with E-state index in [0.29, 0.717) is 23.3 Å². The maximum Gasteiger partial charge on any atom is 0.158 e. The van der Waals surface area contributed by atoms with Crippen molar-refractivity contribution in [2.75, 3.05) is 13.2 Å². The first-order valence-corrected chi connectivity index (χ1v) is 7.64. The molecule has 1 saturated heterocycles. The SMILES string of the molecule is Clc1ccc(C(Cc2ncc[nH]2)CC2OCCO2)cc1Cl. The number of aromatic amines is 1. The average Bonchev–Trinajstić information content (AvgIpc) is 3.14. The fraction of sp³-hybridized carbons (Fsp3) is 0.400. The molecule has 1 aliphatic heterocycles. The van der Waals surface area contributed by atoms with Gasteiger partial charge in [-0.15, -0.1) is 0 Å². The molecule has 1 atom stereocenters. The molecule has 112 valence electrons. The average molecular weight is 327 g/mol. The minimum absolute atomic E-state index is 0.167. The molecule has 0 bridgehead atoms. The Labute approximate surface area is 133 Å². The van der Waals surface area contributed by atoms with Crippen molar-refractivity contribution in [3.05, 3.63) is 52.0 Å². The van der Waals surface area contributed by atoms with E-state index in [1.54, 1.807) is 6.20 Å². The van der Waals surface area contributed by atoms with Gasteiger partial charge in [0.25, 0.3) is 0 Å². The van der Waals surface area contributed by atoms with Crippen molar-refractivity contribution in [2.45, 2.75) is 25.0 Å². The van der Waals surface area contributed by atoms with Gasteiger partial charge in [0.1, 0.15) is 5.82 Å². The molecule has 0 amide bonds. The molecule has 6 heteroatoms. The third-order valence-corrected chi connectivity index (χ3v) is 4.32. The number of aromatic nitrogens is 2. The molecule has 0 saturated carbocycles. The molecule has 1 unspecified atom stereocenters. The fourth-order valence-electron chi connectivity index (χ4n) is 2.52. The van der Waals surface area contributed by atoms with Gasteiger partial charge in [0.2, 0.25) is 0 Å². The lowest BCUT2D eigenvalue weighted by molar-refractivity contribution is -0.0511. The number of rotatable bonds is 5. The van der Waals surface area contributed by atoms with E-state index < -0.39 is 0 Å². The van der Waals surface area contributed by atoms with Gasteiger partial charge in [0.05, 0.1) is 23.3 Å².